The zero-order valence-corrected chi connectivity index (χ0v) is 30.8. The summed E-state index contributed by atoms with van der Waals surface area (Å²) < 4.78 is 44.8. The van der Waals surface area contributed by atoms with E-state index in [1.54, 1.807) is 24.3 Å². The van der Waals surface area contributed by atoms with Crippen molar-refractivity contribution in [1.82, 2.24) is 10.0 Å². The summed E-state index contributed by atoms with van der Waals surface area (Å²) in [5.41, 5.74) is 17.9. The Hall–Kier alpha value is -4.86. The number of carboxylic acids is 1. The molecule has 1 fully saturated rings. The first-order valence-electron chi connectivity index (χ1n) is 16.3. The number of Topliss-reactive ketones (excluding diaryl/α,β-unsaturated/α-hetero) is 2. The number of pyridine rings is 1. The van der Waals surface area contributed by atoms with E-state index in [1.165, 1.54) is 19.2 Å². The number of amides is 1. The number of carboxylic acid groups (broad SMARTS) is 1. The number of thiazole rings is 1. The molecule has 3 aromatic rings. The van der Waals surface area contributed by atoms with Gasteiger partial charge in [0, 0.05) is 23.4 Å². The number of nitrogens with zero attached hydrogens (tertiary/aromatic N) is 4. The third kappa shape index (κ3) is 10.6. The molecule has 20 heteroatoms. The van der Waals surface area contributed by atoms with Gasteiger partial charge in [-0.2, -0.15) is 9.35 Å². The SMILES string of the molecule is C[n+]1cc(-c2ccc(OC[C@H](O/N=C(\C(=O)C[C@@H]3C(=O)N(OS(=O)(=O)[O-])C3(C)C)c3csc(N)n3)C(=O)O)cc2)ccc1CC(=O)[C@H](N)CCCCN. The fraction of sp³-hybridized carbons (Fsp3) is 0.424. The molecule has 0 radical (unpaired) electrons. The molecule has 0 unspecified atom stereocenters. The summed E-state index contributed by atoms with van der Waals surface area (Å²) in [7, 11) is -3.42. The van der Waals surface area contributed by atoms with Crippen molar-refractivity contribution in [3.63, 3.8) is 0 Å². The van der Waals surface area contributed by atoms with Gasteiger partial charge in [0.15, 0.2) is 34.3 Å². The minimum atomic E-state index is -5.25. The summed E-state index contributed by atoms with van der Waals surface area (Å²) in [5.74, 6) is -4.06. The van der Waals surface area contributed by atoms with E-state index < -0.39 is 70.4 Å². The smallest absolute Gasteiger partial charge is 0.351 e. The molecule has 1 aromatic carbocycles. The number of nitrogen functional groups attached to an aromatic ring is 1. The second kappa shape index (κ2) is 17.3. The molecule has 0 aliphatic carbocycles. The van der Waals surface area contributed by atoms with Crippen LogP contribution in [-0.4, -0.2) is 88.1 Å². The summed E-state index contributed by atoms with van der Waals surface area (Å²) in [6, 6.07) is 9.98. The number of carbonyl (C=O) groups is 4. The molecule has 1 aliphatic rings. The number of unbranched alkanes of at least 4 members (excludes halogenated alkanes) is 1. The molecule has 3 heterocycles. The highest BCUT2D eigenvalue weighted by atomic mass is 32.3. The van der Waals surface area contributed by atoms with E-state index in [4.69, 9.17) is 26.8 Å². The number of benzene rings is 1. The van der Waals surface area contributed by atoms with Gasteiger partial charge in [0.25, 0.3) is 12.0 Å². The van der Waals surface area contributed by atoms with Crippen LogP contribution in [0.1, 0.15) is 50.9 Å². The van der Waals surface area contributed by atoms with Gasteiger partial charge in [-0.15, -0.1) is 11.3 Å². The largest absolute Gasteiger partial charge is 0.724 e. The number of ketones is 2. The highest BCUT2D eigenvalue weighted by molar-refractivity contribution is 7.80. The second-order valence-electron chi connectivity index (χ2n) is 12.8. The van der Waals surface area contributed by atoms with Crippen LogP contribution in [-0.2, 0) is 52.2 Å². The monoisotopic (exact) mass is 775 g/mol. The van der Waals surface area contributed by atoms with Gasteiger partial charge in [-0.3, -0.25) is 14.4 Å². The van der Waals surface area contributed by atoms with Crippen LogP contribution in [0.5, 0.6) is 5.75 Å². The van der Waals surface area contributed by atoms with E-state index in [0.717, 1.165) is 41.0 Å². The van der Waals surface area contributed by atoms with Gasteiger partial charge < -0.3 is 36.4 Å². The van der Waals surface area contributed by atoms with Crippen LogP contribution in [0.4, 0.5) is 5.13 Å². The van der Waals surface area contributed by atoms with E-state index in [2.05, 4.69) is 14.4 Å². The molecule has 2 aromatic heterocycles. The highest BCUT2D eigenvalue weighted by Gasteiger charge is 2.57. The Morgan fingerprint density at radius 3 is 2.40 bits per heavy atom. The number of aryl methyl sites for hydroxylation is 1. The Labute approximate surface area is 309 Å². The molecule has 1 aliphatic heterocycles. The number of oxime groups is 1. The highest BCUT2D eigenvalue weighted by Crippen LogP contribution is 2.40. The number of rotatable bonds is 20. The van der Waals surface area contributed by atoms with Gasteiger partial charge in [-0.25, -0.2) is 22.8 Å². The van der Waals surface area contributed by atoms with Gasteiger partial charge in [0.05, 0.1) is 23.9 Å². The fourth-order valence-electron chi connectivity index (χ4n) is 5.43. The van der Waals surface area contributed by atoms with E-state index in [-0.39, 0.29) is 23.0 Å². The Kier molecular flexibility index (Phi) is 13.4. The topological polar surface area (TPSA) is 284 Å². The third-order valence-corrected chi connectivity index (χ3v) is 9.58. The summed E-state index contributed by atoms with van der Waals surface area (Å²) >= 11 is 0.969. The first-order valence-corrected chi connectivity index (χ1v) is 18.5. The summed E-state index contributed by atoms with van der Waals surface area (Å²) in [5, 5.41) is 15.4. The Morgan fingerprint density at radius 1 is 1.15 bits per heavy atom. The summed E-state index contributed by atoms with van der Waals surface area (Å²) in [6.45, 7) is 2.82. The Bertz CT molecular complexity index is 1970. The second-order valence-corrected chi connectivity index (χ2v) is 14.6. The molecule has 1 saturated heterocycles. The van der Waals surface area contributed by atoms with Crippen LogP contribution >= 0.6 is 11.3 Å². The molecule has 3 atom stereocenters. The van der Waals surface area contributed by atoms with Gasteiger partial charge in [0.2, 0.25) is 10.4 Å². The quantitative estimate of drug-likeness (QED) is 0.0233. The maximum Gasteiger partial charge on any atom is 0.351 e. The lowest BCUT2D eigenvalue weighted by Gasteiger charge is -2.51. The van der Waals surface area contributed by atoms with E-state index >= 15 is 0 Å². The number of β-lactam (4-membered cyclic amide) rings is 1. The molecule has 4 rings (SSSR count). The van der Waals surface area contributed by atoms with Crippen molar-refractivity contribution >= 4 is 56.0 Å². The van der Waals surface area contributed by atoms with Crippen molar-refractivity contribution in [2.24, 2.45) is 29.6 Å². The van der Waals surface area contributed by atoms with E-state index in [0.29, 0.717) is 23.8 Å². The normalized spacial score (nSPS) is 16.8. The number of aromatic nitrogens is 2. The minimum absolute atomic E-state index is 0.0482. The lowest BCUT2D eigenvalue weighted by atomic mass is 9.74. The number of hydrogen-bond donors (Lipinski definition) is 4. The van der Waals surface area contributed by atoms with Crippen LogP contribution in [0.25, 0.3) is 11.1 Å². The van der Waals surface area contributed by atoms with Crippen LogP contribution in [0.15, 0.2) is 53.1 Å². The molecular formula is C33H41N7O11S2. The average Bonchev–Trinajstić information content (AvgIpc) is 3.53. The number of nitrogens with two attached hydrogens (primary N) is 3. The van der Waals surface area contributed by atoms with Gasteiger partial charge in [-0.1, -0.05) is 23.7 Å². The van der Waals surface area contributed by atoms with Crippen LogP contribution in [0.3, 0.4) is 0 Å². The van der Waals surface area contributed by atoms with Crippen molar-refractivity contribution in [1.29, 1.82) is 0 Å². The molecule has 18 nitrogen and oxygen atoms in total. The maximum absolute atomic E-state index is 13.4. The third-order valence-electron chi connectivity index (χ3n) is 8.57. The molecule has 1 amide bonds. The van der Waals surface area contributed by atoms with Gasteiger partial charge in [-0.05, 0) is 57.0 Å². The van der Waals surface area contributed by atoms with Crippen LogP contribution < -0.4 is 26.5 Å². The first-order chi connectivity index (χ1) is 24.9. The fourth-order valence-corrected chi connectivity index (χ4v) is 6.43. The van der Waals surface area contributed by atoms with Crippen LogP contribution in [0.2, 0.25) is 0 Å². The number of aliphatic carboxylic acids is 1. The Morgan fingerprint density at radius 2 is 1.83 bits per heavy atom. The predicted molar refractivity (Wildman–Crippen MR) is 189 cm³/mol. The molecule has 0 spiro atoms. The molecule has 7 N–H and O–H groups in total. The van der Waals surface area contributed by atoms with E-state index in [1.807, 2.05) is 29.9 Å². The number of hydrogen-bond acceptors (Lipinski definition) is 16. The number of anilines is 1. The zero-order valence-electron chi connectivity index (χ0n) is 29.2. The number of carbonyl (C=O) groups excluding carboxylic acids is 3. The van der Waals surface area contributed by atoms with Crippen molar-refractivity contribution in [2.75, 3.05) is 18.9 Å². The lowest BCUT2D eigenvalue weighted by Crippen LogP contribution is -2.68. The number of hydroxylamine groups is 2. The minimum Gasteiger partial charge on any atom is -0.724 e. The van der Waals surface area contributed by atoms with Gasteiger partial charge in [0.1, 0.15) is 25.1 Å². The van der Waals surface area contributed by atoms with Crippen molar-refractivity contribution in [3.8, 4) is 16.9 Å². The predicted octanol–water partition coefficient (Wildman–Crippen LogP) is 0.626. The molecule has 0 bridgehead atoms. The van der Waals surface area contributed by atoms with Crippen LogP contribution in [0, 0.1) is 5.92 Å². The first kappa shape index (κ1) is 40.9. The molecule has 0 saturated carbocycles. The van der Waals surface area contributed by atoms with Crippen molar-refractivity contribution in [3.05, 3.63) is 59.4 Å². The Balaban J connectivity index is 1.40. The standard InChI is InChI=1S/C33H41N7O11S2/c1-33(2)23(30(43)40(33)51-53(46,47)48)15-27(42)29(25-18-52-32(36)37-25)38-50-28(31(44)45)17-49-22-11-8-19(9-12-22)20-7-10-21(39(3)16-20)14-26(41)24(35)6-4-5-13-34/h7-12,16,18,23-24,28H,4-6,13-15,17,34-35H2,1-3H3,(H3-,36,37,44,45,46,47,48)/b38-29-/t23-,24-,28+/m1/s1. The summed E-state index contributed by atoms with van der Waals surface area (Å²) in [6.07, 6.45) is 2.05. The summed E-state index contributed by atoms with van der Waals surface area (Å²) in [4.78, 5) is 59.9. The molecule has 53 heavy (non-hydrogen) atoms. The molecule has 286 valence electrons. The van der Waals surface area contributed by atoms with Gasteiger partial charge >= 0.3 is 5.97 Å². The van der Waals surface area contributed by atoms with E-state index in [9.17, 15) is 37.3 Å². The number of ether oxygens (including phenoxy) is 1. The zero-order chi connectivity index (χ0) is 39.1. The molecular weight excluding hydrogens is 735 g/mol. The lowest BCUT2D eigenvalue weighted by molar-refractivity contribution is -0.678. The van der Waals surface area contributed by atoms with Crippen molar-refractivity contribution in [2.45, 2.75) is 63.6 Å². The van der Waals surface area contributed by atoms with Crippen molar-refractivity contribution < 1.29 is 55.7 Å². The average molecular weight is 776 g/mol. The maximum atomic E-state index is 13.4.